The molecule has 130 valence electrons. The summed E-state index contributed by atoms with van der Waals surface area (Å²) < 4.78 is 10.7. The third kappa shape index (κ3) is 8.96. The average molecular weight is 322 g/mol. The van der Waals surface area contributed by atoms with E-state index in [1.54, 1.807) is 0 Å². The summed E-state index contributed by atoms with van der Waals surface area (Å²) in [6.07, 6.45) is 0.740. The van der Waals surface area contributed by atoms with Gasteiger partial charge in [0.05, 0.1) is 6.54 Å². The van der Waals surface area contributed by atoms with Crippen LogP contribution in [0, 0.1) is 5.92 Å². The zero-order valence-electron chi connectivity index (χ0n) is 14.9. The lowest BCUT2D eigenvalue weighted by Crippen LogP contribution is -2.34. The predicted octanol–water partition coefficient (Wildman–Crippen LogP) is 4.05. The Bertz CT molecular complexity index is 466. The topological polar surface area (TPSA) is 59.6 Å². The number of ether oxygens (including phenoxy) is 2. The molecule has 1 aromatic rings. The summed E-state index contributed by atoms with van der Waals surface area (Å²) in [6, 6.07) is 7.84. The van der Waals surface area contributed by atoms with Gasteiger partial charge in [0.15, 0.2) is 0 Å². The van der Waals surface area contributed by atoms with Crippen molar-refractivity contribution in [2.24, 2.45) is 5.92 Å². The van der Waals surface area contributed by atoms with Gasteiger partial charge in [-0.05, 0) is 51.0 Å². The van der Waals surface area contributed by atoms with Gasteiger partial charge < -0.3 is 20.1 Å². The molecule has 0 bridgehead atoms. The van der Waals surface area contributed by atoms with Crippen LogP contribution in [-0.4, -0.2) is 31.4 Å². The first-order valence-electron chi connectivity index (χ1n) is 8.23. The number of carbonyl (C=O) groups excluding carboxylic acids is 1. The van der Waals surface area contributed by atoms with Gasteiger partial charge >= 0.3 is 6.09 Å². The van der Waals surface area contributed by atoms with Gasteiger partial charge in [0.1, 0.15) is 18.0 Å². The maximum Gasteiger partial charge on any atom is 0.407 e. The monoisotopic (exact) mass is 322 g/mol. The fourth-order valence-corrected chi connectivity index (χ4v) is 1.74. The van der Waals surface area contributed by atoms with Crippen LogP contribution in [0.5, 0.6) is 5.75 Å². The number of carbonyl (C=O) groups is 1. The minimum Gasteiger partial charge on any atom is -0.492 e. The molecular formula is C18H30N2O3. The summed E-state index contributed by atoms with van der Waals surface area (Å²) >= 11 is 0. The lowest BCUT2D eigenvalue weighted by atomic mass is 10.1. The van der Waals surface area contributed by atoms with Gasteiger partial charge in [0, 0.05) is 12.2 Å². The molecule has 1 rings (SSSR count). The van der Waals surface area contributed by atoms with Gasteiger partial charge in [0.25, 0.3) is 0 Å². The molecule has 5 nitrogen and oxygen atoms in total. The van der Waals surface area contributed by atoms with Crippen molar-refractivity contribution < 1.29 is 14.3 Å². The van der Waals surface area contributed by atoms with Gasteiger partial charge in [-0.2, -0.15) is 0 Å². The number of hydrogen-bond donors (Lipinski definition) is 2. The molecule has 0 radical (unpaired) electrons. The van der Waals surface area contributed by atoms with Crippen LogP contribution in [0.1, 0.15) is 41.0 Å². The maximum absolute atomic E-state index is 11.5. The molecule has 0 fully saturated rings. The van der Waals surface area contributed by atoms with Gasteiger partial charge in [-0.3, -0.25) is 0 Å². The van der Waals surface area contributed by atoms with Crippen molar-refractivity contribution in [3.63, 3.8) is 0 Å². The van der Waals surface area contributed by atoms with E-state index in [1.807, 2.05) is 45.0 Å². The van der Waals surface area contributed by atoms with Crippen LogP contribution in [0.2, 0.25) is 0 Å². The number of anilines is 1. The normalized spacial score (nSPS) is 12.4. The Balaban J connectivity index is 2.24. The standard InChI is InChI=1S/C18H30N2O3/c1-6-14(2)13-20-15-7-9-16(10-8-15)22-12-11-19-17(21)23-18(3,4)5/h7-10,14,20H,6,11-13H2,1-5H3,(H,19,21). The summed E-state index contributed by atoms with van der Waals surface area (Å²) in [5.41, 5.74) is 0.604. The van der Waals surface area contributed by atoms with Crippen LogP contribution in [0.15, 0.2) is 24.3 Å². The van der Waals surface area contributed by atoms with Crippen molar-refractivity contribution in [1.29, 1.82) is 0 Å². The highest BCUT2D eigenvalue weighted by Gasteiger charge is 2.15. The Morgan fingerprint density at radius 1 is 1.22 bits per heavy atom. The van der Waals surface area contributed by atoms with Crippen molar-refractivity contribution in [1.82, 2.24) is 5.32 Å². The van der Waals surface area contributed by atoms with Gasteiger partial charge in [-0.1, -0.05) is 20.3 Å². The SMILES string of the molecule is CCC(C)CNc1ccc(OCCNC(=O)OC(C)(C)C)cc1. The number of amides is 1. The molecule has 0 aliphatic heterocycles. The van der Waals surface area contributed by atoms with Crippen molar-refractivity contribution in [2.75, 3.05) is 25.0 Å². The first kappa shape index (κ1) is 19.1. The second-order valence-electron chi connectivity index (χ2n) is 6.70. The van der Waals surface area contributed by atoms with Crippen LogP contribution in [0.3, 0.4) is 0 Å². The Hall–Kier alpha value is -1.91. The minimum atomic E-state index is -0.483. The molecule has 0 saturated carbocycles. The molecule has 0 aliphatic rings. The number of rotatable bonds is 8. The summed E-state index contributed by atoms with van der Waals surface area (Å²) in [5, 5.41) is 6.06. The Labute approximate surface area is 139 Å². The molecule has 1 amide bonds. The fraction of sp³-hybridized carbons (Fsp3) is 0.611. The van der Waals surface area contributed by atoms with E-state index < -0.39 is 11.7 Å². The molecule has 23 heavy (non-hydrogen) atoms. The van der Waals surface area contributed by atoms with E-state index in [4.69, 9.17) is 9.47 Å². The molecule has 0 spiro atoms. The highest BCUT2D eigenvalue weighted by atomic mass is 16.6. The van der Waals surface area contributed by atoms with Crippen LogP contribution in [0.4, 0.5) is 10.5 Å². The largest absolute Gasteiger partial charge is 0.492 e. The highest BCUT2D eigenvalue weighted by Crippen LogP contribution is 2.16. The van der Waals surface area contributed by atoms with Gasteiger partial charge in [0.2, 0.25) is 0 Å². The van der Waals surface area contributed by atoms with Crippen LogP contribution >= 0.6 is 0 Å². The first-order valence-corrected chi connectivity index (χ1v) is 8.23. The molecule has 2 N–H and O–H groups in total. The third-order valence-electron chi connectivity index (χ3n) is 3.24. The predicted molar refractivity (Wildman–Crippen MR) is 94.1 cm³/mol. The Morgan fingerprint density at radius 2 is 1.87 bits per heavy atom. The summed E-state index contributed by atoms with van der Waals surface area (Å²) in [4.78, 5) is 11.5. The lowest BCUT2D eigenvalue weighted by molar-refractivity contribution is 0.0520. The van der Waals surface area contributed by atoms with E-state index in [1.165, 1.54) is 6.42 Å². The minimum absolute atomic E-state index is 0.402. The van der Waals surface area contributed by atoms with E-state index in [0.29, 0.717) is 19.1 Å². The number of nitrogens with one attached hydrogen (secondary N) is 2. The lowest BCUT2D eigenvalue weighted by Gasteiger charge is -2.19. The molecule has 1 atom stereocenters. The molecule has 1 unspecified atom stereocenters. The first-order chi connectivity index (χ1) is 10.8. The second-order valence-corrected chi connectivity index (χ2v) is 6.70. The molecule has 5 heteroatoms. The molecule has 0 aromatic heterocycles. The van der Waals surface area contributed by atoms with Crippen molar-refractivity contribution in [3.8, 4) is 5.75 Å². The molecule has 0 saturated heterocycles. The van der Waals surface area contributed by atoms with E-state index in [0.717, 1.165) is 18.0 Å². The summed E-state index contributed by atoms with van der Waals surface area (Å²) in [6.45, 7) is 11.7. The Kier molecular flexibility index (Phi) is 7.72. The van der Waals surface area contributed by atoms with Gasteiger partial charge in [-0.15, -0.1) is 0 Å². The van der Waals surface area contributed by atoms with Crippen molar-refractivity contribution in [3.05, 3.63) is 24.3 Å². The Morgan fingerprint density at radius 3 is 2.43 bits per heavy atom. The molecular weight excluding hydrogens is 292 g/mol. The quantitative estimate of drug-likeness (QED) is 0.709. The highest BCUT2D eigenvalue weighted by molar-refractivity contribution is 5.67. The number of alkyl carbamates (subject to hydrolysis) is 1. The number of benzene rings is 1. The molecule has 0 aliphatic carbocycles. The van der Waals surface area contributed by atoms with Crippen LogP contribution in [0.25, 0.3) is 0 Å². The molecule has 1 aromatic carbocycles. The summed E-state index contributed by atoms with van der Waals surface area (Å²) in [7, 11) is 0. The third-order valence-corrected chi connectivity index (χ3v) is 3.24. The molecule has 0 heterocycles. The van der Waals surface area contributed by atoms with Crippen molar-refractivity contribution >= 4 is 11.8 Å². The van der Waals surface area contributed by atoms with Crippen LogP contribution in [-0.2, 0) is 4.74 Å². The maximum atomic E-state index is 11.5. The van der Waals surface area contributed by atoms with Crippen molar-refractivity contribution in [2.45, 2.75) is 46.6 Å². The van der Waals surface area contributed by atoms with E-state index in [2.05, 4.69) is 24.5 Å². The zero-order valence-corrected chi connectivity index (χ0v) is 14.9. The number of hydrogen-bond acceptors (Lipinski definition) is 4. The van der Waals surface area contributed by atoms with Crippen LogP contribution < -0.4 is 15.4 Å². The fourth-order valence-electron chi connectivity index (χ4n) is 1.74. The van der Waals surface area contributed by atoms with Gasteiger partial charge in [-0.25, -0.2) is 4.79 Å². The van der Waals surface area contributed by atoms with E-state index in [9.17, 15) is 4.79 Å². The van der Waals surface area contributed by atoms with E-state index >= 15 is 0 Å². The van der Waals surface area contributed by atoms with E-state index in [-0.39, 0.29) is 0 Å². The average Bonchev–Trinajstić information content (AvgIpc) is 2.48. The second kappa shape index (κ2) is 9.28. The zero-order chi connectivity index (χ0) is 17.3. The smallest absolute Gasteiger partial charge is 0.407 e. The summed E-state index contributed by atoms with van der Waals surface area (Å²) in [5.74, 6) is 1.44.